The molecule has 0 radical (unpaired) electrons. The van der Waals surface area contributed by atoms with E-state index in [1.165, 1.54) is 11.1 Å². The zero-order chi connectivity index (χ0) is 54.3. The summed E-state index contributed by atoms with van der Waals surface area (Å²) in [7, 11) is -0.949. The number of thiazole rings is 1. The van der Waals surface area contributed by atoms with Crippen LogP contribution in [0.1, 0.15) is 70.6 Å². The summed E-state index contributed by atoms with van der Waals surface area (Å²) in [6.45, 7) is 15.7. The summed E-state index contributed by atoms with van der Waals surface area (Å²) < 4.78 is 18.8. The maximum atomic E-state index is 14.1. The van der Waals surface area contributed by atoms with Gasteiger partial charge in [-0.1, -0.05) is 68.8 Å². The molecule has 0 saturated carbocycles. The summed E-state index contributed by atoms with van der Waals surface area (Å²) in [4.78, 5) is 77.0. The number of carbonyl (C=O) groups excluding carboxylic acids is 4. The number of rotatable bonds is 18. The Hall–Kier alpha value is -6.11. The number of β-amino-alcohol motifs (C(OH)–C–C–N with tert-alkyl or cyclic N) is 1. The lowest BCUT2D eigenvalue weighted by atomic mass is 9.85. The summed E-state index contributed by atoms with van der Waals surface area (Å²) in [5, 5.41) is 24.0. The summed E-state index contributed by atoms with van der Waals surface area (Å²) in [5.74, 6) is 0.198. The molecule has 3 fully saturated rings. The Morgan fingerprint density at radius 3 is 2.32 bits per heavy atom. The van der Waals surface area contributed by atoms with Crippen molar-refractivity contribution in [2.75, 3.05) is 81.8 Å². The molecule has 8 rings (SSSR count). The maximum absolute atomic E-state index is 14.1. The Morgan fingerprint density at radius 2 is 1.64 bits per heavy atom. The average molecular weight is 1100 g/mol. The van der Waals surface area contributed by atoms with Gasteiger partial charge in [0.05, 0.1) is 46.9 Å². The van der Waals surface area contributed by atoms with E-state index in [4.69, 9.17) is 16.3 Å². The minimum atomic E-state index is -2.58. The van der Waals surface area contributed by atoms with Gasteiger partial charge in [0.2, 0.25) is 29.6 Å². The quantitative estimate of drug-likeness (QED) is 0.0541. The van der Waals surface area contributed by atoms with Crippen LogP contribution in [0.25, 0.3) is 10.4 Å². The van der Waals surface area contributed by atoms with Crippen molar-refractivity contribution in [2.24, 2.45) is 5.41 Å². The van der Waals surface area contributed by atoms with E-state index in [0.29, 0.717) is 64.8 Å². The number of carbonyl (C=O) groups is 4. The number of nitrogens with one attached hydrogen (secondary N) is 4. The van der Waals surface area contributed by atoms with Gasteiger partial charge < -0.3 is 50.4 Å². The molecule has 3 saturated heterocycles. The molecule has 21 heteroatoms. The third kappa shape index (κ3) is 13.9. The Morgan fingerprint density at radius 1 is 0.921 bits per heavy atom. The number of piperazine rings is 1. The number of halogens is 1. The number of hydrogen-bond acceptors (Lipinski definition) is 15. The molecule has 4 amide bonds. The first-order valence-corrected chi connectivity index (χ1v) is 29.8. The van der Waals surface area contributed by atoms with Crippen molar-refractivity contribution in [2.45, 2.75) is 97.0 Å². The van der Waals surface area contributed by atoms with Crippen LogP contribution in [0.3, 0.4) is 0 Å². The Bertz CT molecular complexity index is 2920. The van der Waals surface area contributed by atoms with Crippen molar-refractivity contribution < 1.29 is 33.6 Å². The number of anilines is 5. The molecule has 5 N–H and O–H groups in total. The Balaban J connectivity index is 0.760. The molecule has 3 aliphatic heterocycles. The predicted molar refractivity (Wildman–Crippen MR) is 301 cm³/mol. The number of aliphatic hydroxyl groups excluding tert-OH is 1. The van der Waals surface area contributed by atoms with Crippen molar-refractivity contribution in [3.63, 3.8) is 0 Å². The number of hydrogen-bond donors (Lipinski definition) is 5. The van der Waals surface area contributed by atoms with Crippen LogP contribution in [0.15, 0.2) is 78.4 Å². The second kappa shape index (κ2) is 24.5. The zero-order valence-corrected chi connectivity index (χ0v) is 46.9. The maximum Gasteiger partial charge on any atom is 0.246 e. The molecule has 18 nitrogen and oxygen atoms in total. The first-order chi connectivity index (χ1) is 36.2. The normalized spacial score (nSPS) is 18.0. The smallest absolute Gasteiger partial charge is 0.246 e. The van der Waals surface area contributed by atoms with Gasteiger partial charge in [-0.15, -0.1) is 11.3 Å². The van der Waals surface area contributed by atoms with Crippen molar-refractivity contribution in [3.8, 4) is 16.2 Å². The fourth-order valence-corrected chi connectivity index (χ4v) is 12.3. The highest BCUT2D eigenvalue weighted by Gasteiger charge is 2.44. The lowest BCUT2D eigenvalue weighted by molar-refractivity contribution is -0.144. The number of benzene rings is 3. The molecule has 0 aliphatic carbocycles. The third-order valence-corrected chi connectivity index (χ3v) is 17.2. The molecular formula is C55H71ClN11O7PS. The highest BCUT2D eigenvalue weighted by Crippen LogP contribution is 2.39. The molecular weight excluding hydrogens is 1030 g/mol. The molecule has 5 aromatic rings. The van der Waals surface area contributed by atoms with E-state index in [9.17, 15) is 28.8 Å². The van der Waals surface area contributed by atoms with Crippen LogP contribution in [0.5, 0.6) is 5.75 Å². The fourth-order valence-electron chi connectivity index (χ4n) is 10.2. The number of ether oxygens (including phenoxy) is 1. The molecule has 5 heterocycles. The largest absolute Gasteiger partial charge is 0.494 e. The number of methoxy groups -OCH3 is 1. The van der Waals surface area contributed by atoms with Gasteiger partial charge in [0.25, 0.3) is 0 Å². The molecule has 3 atom stereocenters. The zero-order valence-electron chi connectivity index (χ0n) is 44.5. The molecule has 0 spiro atoms. The molecule has 3 aliphatic rings. The molecule has 76 heavy (non-hydrogen) atoms. The summed E-state index contributed by atoms with van der Waals surface area (Å²) in [5.41, 5.74) is 6.42. The lowest BCUT2D eigenvalue weighted by Crippen LogP contribution is -2.57. The lowest BCUT2D eigenvalue weighted by Gasteiger charge is -2.43. The van der Waals surface area contributed by atoms with Gasteiger partial charge >= 0.3 is 0 Å². The van der Waals surface area contributed by atoms with Crippen LogP contribution in [0, 0.1) is 12.3 Å². The Labute approximate surface area is 454 Å². The van der Waals surface area contributed by atoms with E-state index < -0.39 is 36.7 Å². The van der Waals surface area contributed by atoms with Gasteiger partial charge in [0.15, 0.2) is 5.82 Å². The summed E-state index contributed by atoms with van der Waals surface area (Å²) in [6, 6.07) is 19.9. The van der Waals surface area contributed by atoms with Crippen molar-refractivity contribution >= 4 is 87.8 Å². The third-order valence-electron chi connectivity index (χ3n) is 14.4. The standard InChI is InChI=1S/C55H71ClN11O7PS/c1-35-49(76-34-59-35)37-17-15-36(16-18-37)31-57-52(71)44-30-40(68)33-67(44)53(72)50(55(2,3)4)62-47(69)13-10-14-48(70)66-27-25-65(26-28-66)38-21-23-64(24-22-38)39-19-20-42(45(29-39)74-5)61-54-58-32-41(56)51(63-54)60-43-11-8-9-12-46(43)75(6,7)73/h8-9,11-12,15-20,29,32,34,38,40,44,50,68H,10,13-14,21-28,30-31,33H2,1-7H3,(H,57,71)(H,62,69)(H2,58,60,61,63). The van der Waals surface area contributed by atoms with Gasteiger partial charge in [0, 0.05) is 94.7 Å². The number of aliphatic hydroxyl groups is 1. The van der Waals surface area contributed by atoms with Gasteiger partial charge in [-0.3, -0.25) is 24.1 Å². The summed E-state index contributed by atoms with van der Waals surface area (Å²) in [6.07, 6.45) is 3.30. The van der Waals surface area contributed by atoms with E-state index in [0.717, 1.165) is 66.4 Å². The van der Waals surface area contributed by atoms with Crippen molar-refractivity contribution in [3.05, 3.63) is 94.7 Å². The van der Waals surface area contributed by atoms with Crippen LogP contribution in [-0.4, -0.2) is 149 Å². The average Bonchev–Trinajstić information content (AvgIpc) is 4.03. The van der Waals surface area contributed by atoms with E-state index in [2.05, 4.69) is 52.1 Å². The minimum Gasteiger partial charge on any atom is -0.494 e. The Kier molecular flexibility index (Phi) is 18.1. The van der Waals surface area contributed by atoms with E-state index in [-0.39, 0.29) is 50.1 Å². The van der Waals surface area contributed by atoms with Gasteiger partial charge in [-0.25, -0.2) is 9.97 Å². The highest BCUT2D eigenvalue weighted by molar-refractivity contribution is 7.70. The number of likely N-dealkylation sites (tertiary alicyclic amines) is 1. The van der Waals surface area contributed by atoms with Crippen LogP contribution in [0.4, 0.5) is 28.8 Å². The number of aromatic nitrogens is 3. The summed E-state index contributed by atoms with van der Waals surface area (Å²) >= 11 is 8.07. The number of piperidine rings is 1. The van der Waals surface area contributed by atoms with Gasteiger partial charge in [-0.2, -0.15) is 4.98 Å². The van der Waals surface area contributed by atoms with E-state index in [1.807, 2.05) is 98.8 Å². The number of nitrogens with zero attached hydrogens (tertiary/aromatic N) is 7. The van der Waals surface area contributed by atoms with Crippen LogP contribution >= 0.6 is 30.1 Å². The first kappa shape index (κ1) is 56.1. The van der Waals surface area contributed by atoms with Gasteiger partial charge in [0.1, 0.15) is 30.0 Å². The number of para-hydroxylation sites is 1. The molecule has 2 aromatic heterocycles. The highest BCUT2D eigenvalue weighted by atomic mass is 35.5. The number of aryl methyl sites for hydroxylation is 1. The minimum absolute atomic E-state index is 0.00916. The molecule has 3 unspecified atom stereocenters. The molecule has 3 aromatic carbocycles. The van der Waals surface area contributed by atoms with Crippen molar-refractivity contribution in [1.29, 1.82) is 0 Å². The predicted octanol–water partition coefficient (Wildman–Crippen LogP) is 7.40. The van der Waals surface area contributed by atoms with E-state index in [1.54, 1.807) is 31.8 Å². The van der Waals surface area contributed by atoms with Crippen LogP contribution in [0.2, 0.25) is 5.02 Å². The monoisotopic (exact) mass is 1100 g/mol. The van der Waals surface area contributed by atoms with Crippen LogP contribution in [-0.2, 0) is 30.3 Å². The first-order valence-electron chi connectivity index (χ1n) is 26.0. The van der Waals surface area contributed by atoms with E-state index >= 15 is 0 Å². The second-order valence-corrected chi connectivity index (χ2v) is 25.8. The molecule has 406 valence electrons. The molecule has 0 bridgehead atoms. The van der Waals surface area contributed by atoms with Gasteiger partial charge in [-0.05, 0) is 80.3 Å². The fraction of sp³-hybridized carbons (Fsp3) is 0.473. The second-order valence-electron chi connectivity index (χ2n) is 21.3. The SMILES string of the molecule is COc1cc(N2CCC(N3CCN(C(=O)CCCC(=O)NC(C(=O)N4CC(O)CC4C(=O)NCc4ccc(-c5scnc5C)cc4)C(C)(C)C)CC3)CC2)ccc1Nc1ncc(Cl)c(Nc2ccccc2P(C)(C)=O)n1. The van der Waals surface area contributed by atoms with Crippen molar-refractivity contribution in [1.82, 2.24) is 40.3 Å². The topological polar surface area (TPSA) is 215 Å². The number of amides is 4. The van der Waals surface area contributed by atoms with Crippen LogP contribution < -0.4 is 36.2 Å².